The predicted molar refractivity (Wildman–Crippen MR) is 84.8 cm³/mol. The van der Waals surface area contributed by atoms with Crippen LogP contribution in [0.4, 0.5) is 13.2 Å². The number of fused-ring (bicyclic) bond motifs is 1. The number of carbonyl (C=O) groups excluding carboxylic acids is 1. The first-order chi connectivity index (χ1) is 11.9. The summed E-state index contributed by atoms with van der Waals surface area (Å²) < 4.78 is 38.1. The molecule has 0 aliphatic rings. The summed E-state index contributed by atoms with van der Waals surface area (Å²) in [5, 5.41) is 19.8. The molecule has 0 saturated heterocycles. The molecule has 3 rings (SSSR count). The van der Waals surface area contributed by atoms with Crippen molar-refractivity contribution in [2.24, 2.45) is 0 Å². The molecule has 0 aliphatic heterocycles. The van der Waals surface area contributed by atoms with Gasteiger partial charge in [-0.15, -0.1) is 0 Å². The minimum atomic E-state index is -4.49. The minimum absolute atomic E-state index is 0.0713. The number of nitrogens with one attached hydrogen (secondary N) is 2. The maximum atomic E-state index is 12.7. The fraction of sp³-hybridized carbons (Fsp3) is 0.176. The molecule has 1 aromatic heterocycles. The Balaban J connectivity index is 1.70. The molecule has 0 bridgehead atoms. The molecule has 0 radical (unpaired) electrons. The first-order valence-corrected chi connectivity index (χ1v) is 7.43. The molecule has 130 valence electrons. The van der Waals surface area contributed by atoms with Crippen molar-refractivity contribution in [1.29, 1.82) is 0 Å². The van der Waals surface area contributed by atoms with E-state index in [1.165, 1.54) is 12.1 Å². The fourth-order valence-corrected chi connectivity index (χ4v) is 2.45. The number of alkyl halides is 3. The number of amides is 1. The summed E-state index contributed by atoms with van der Waals surface area (Å²) in [7, 11) is 0. The normalized spacial score (nSPS) is 13.0. The third-order valence-electron chi connectivity index (χ3n) is 3.74. The number of aliphatic hydroxyl groups excluding tert-OH is 1. The number of halogens is 3. The highest BCUT2D eigenvalue weighted by molar-refractivity contribution is 6.04. The quantitative estimate of drug-likeness (QED) is 0.677. The summed E-state index contributed by atoms with van der Waals surface area (Å²) in [4.78, 5) is 12.2. The number of H-pyrrole nitrogens is 1. The second-order valence-electron chi connectivity index (χ2n) is 5.47. The van der Waals surface area contributed by atoms with E-state index in [1.807, 2.05) is 0 Å². The summed E-state index contributed by atoms with van der Waals surface area (Å²) >= 11 is 0. The lowest BCUT2D eigenvalue weighted by Gasteiger charge is -2.14. The van der Waals surface area contributed by atoms with Crippen LogP contribution in [0.1, 0.15) is 27.7 Å². The second kappa shape index (κ2) is 6.56. The molecule has 3 N–H and O–H groups in total. The van der Waals surface area contributed by atoms with E-state index in [0.29, 0.717) is 10.9 Å². The lowest BCUT2D eigenvalue weighted by molar-refractivity contribution is -0.137. The van der Waals surface area contributed by atoms with Gasteiger partial charge in [-0.2, -0.15) is 18.3 Å². The zero-order valence-corrected chi connectivity index (χ0v) is 12.8. The van der Waals surface area contributed by atoms with Crippen LogP contribution in [-0.2, 0) is 6.18 Å². The van der Waals surface area contributed by atoms with Crippen LogP contribution in [0.5, 0.6) is 0 Å². The van der Waals surface area contributed by atoms with Gasteiger partial charge in [0.25, 0.3) is 5.91 Å². The topological polar surface area (TPSA) is 78.0 Å². The van der Waals surface area contributed by atoms with Gasteiger partial charge in [0.2, 0.25) is 0 Å². The zero-order valence-electron chi connectivity index (χ0n) is 12.8. The van der Waals surface area contributed by atoms with Crippen molar-refractivity contribution in [3.05, 3.63) is 65.4 Å². The van der Waals surface area contributed by atoms with Crippen molar-refractivity contribution < 1.29 is 23.1 Å². The average Bonchev–Trinajstić information content (AvgIpc) is 3.03. The van der Waals surface area contributed by atoms with Gasteiger partial charge in [0.1, 0.15) is 0 Å². The Labute approximate surface area is 140 Å². The zero-order chi connectivity index (χ0) is 18.0. The number of aliphatic hydroxyl groups is 1. The van der Waals surface area contributed by atoms with Gasteiger partial charge in [-0.05, 0) is 23.8 Å². The van der Waals surface area contributed by atoms with E-state index >= 15 is 0 Å². The minimum Gasteiger partial charge on any atom is -0.387 e. The van der Waals surface area contributed by atoms with Gasteiger partial charge in [-0.25, -0.2) is 0 Å². The molecule has 5 nitrogen and oxygen atoms in total. The molecule has 3 aromatic rings. The van der Waals surface area contributed by atoms with E-state index in [1.54, 1.807) is 24.3 Å². The smallest absolute Gasteiger partial charge is 0.387 e. The van der Waals surface area contributed by atoms with E-state index in [9.17, 15) is 23.1 Å². The van der Waals surface area contributed by atoms with Crippen molar-refractivity contribution in [2.75, 3.05) is 6.54 Å². The molecule has 0 spiro atoms. The average molecular weight is 349 g/mol. The summed E-state index contributed by atoms with van der Waals surface area (Å²) in [6.45, 7) is -0.235. The Morgan fingerprint density at radius 3 is 2.72 bits per heavy atom. The number of nitrogens with zero attached hydrogens (tertiary/aromatic N) is 1. The molecular formula is C17H14F3N3O2. The van der Waals surface area contributed by atoms with Gasteiger partial charge in [-0.1, -0.05) is 30.3 Å². The molecule has 0 saturated carbocycles. The molecule has 1 amide bonds. The highest BCUT2D eigenvalue weighted by atomic mass is 19.4. The SMILES string of the molecule is O=C(NCC(O)c1cccc(C(F)(F)F)c1)c1n[nH]c2ccccc12. The maximum absolute atomic E-state index is 12.7. The number of aromatic amines is 1. The Hall–Kier alpha value is -2.87. The lowest BCUT2D eigenvalue weighted by atomic mass is 10.1. The standard InChI is InChI=1S/C17H14F3N3O2/c18-17(19,20)11-5-3-4-10(8-11)14(24)9-21-16(25)15-12-6-1-2-7-13(12)22-23-15/h1-8,14,24H,9H2,(H,21,25)(H,22,23). The van der Waals surface area contributed by atoms with Gasteiger partial charge in [0.15, 0.2) is 5.69 Å². The Kier molecular flexibility index (Phi) is 4.45. The van der Waals surface area contributed by atoms with Crippen molar-refractivity contribution in [1.82, 2.24) is 15.5 Å². The summed E-state index contributed by atoms with van der Waals surface area (Å²) in [5.41, 5.74) is 0.0635. The first-order valence-electron chi connectivity index (χ1n) is 7.43. The van der Waals surface area contributed by atoms with Crippen LogP contribution in [0.15, 0.2) is 48.5 Å². The Morgan fingerprint density at radius 2 is 1.96 bits per heavy atom. The summed E-state index contributed by atoms with van der Waals surface area (Å²) in [6, 6.07) is 11.4. The Bertz CT molecular complexity index is 905. The van der Waals surface area contributed by atoms with Gasteiger partial charge in [0.05, 0.1) is 17.2 Å². The van der Waals surface area contributed by atoms with Crippen LogP contribution in [0.3, 0.4) is 0 Å². The molecule has 8 heteroatoms. The fourth-order valence-electron chi connectivity index (χ4n) is 2.45. The third kappa shape index (κ3) is 3.63. The number of hydrogen-bond acceptors (Lipinski definition) is 3. The summed E-state index contributed by atoms with van der Waals surface area (Å²) in [6.07, 6.45) is -5.76. The van der Waals surface area contributed by atoms with Crippen molar-refractivity contribution >= 4 is 16.8 Å². The van der Waals surface area contributed by atoms with E-state index in [-0.39, 0.29) is 17.8 Å². The third-order valence-corrected chi connectivity index (χ3v) is 3.74. The first kappa shape index (κ1) is 17.0. The lowest BCUT2D eigenvalue weighted by Crippen LogP contribution is -2.29. The van der Waals surface area contributed by atoms with Crippen LogP contribution in [0, 0.1) is 0 Å². The van der Waals surface area contributed by atoms with Gasteiger partial charge < -0.3 is 10.4 Å². The van der Waals surface area contributed by atoms with Gasteiger partial charge in [-0.3, -0.25) is 9.89 Å². The summed E-state index contributed by atoms with van der Waals surface area (Å²) in [5.74, 6) is -0.525. The number of rotatable bonds is 4. The van der Waals surface area contributed by atoms with Crippen LogP contribution in [0.2, 0.25) is 0 Å². The van der Waals surface area contributed by atoms with E-state index in [0.717, 1.165) is 12.1 Å². The van der Waals surface area contributed by atoms with E-state index in [4.69, 9.17) is 0 Å². The highest BCUT2D eigenvalue weighted by Gasteiger charge is 2.30. The largest absolute Gasteiger partial charge is 0.416 e. The van der Waals surface area contributed by atoms with E-state index < -0.39 is 23.8 Å². The number of para-hydroxylation sites is 1. The van der Waals surface area contributed by atoms with Crippen molar-refractivity contribution in [3.8, 4) is 0 Å². The predicted octanol–water partition coefficient (Wildman–Crippen LogP) is 3.05. The molecule has 1 heterocycles. The van der Waals surface area contributed by atoms with Crippen molar-refractivity contribution in [2.45, 2.75) is 12.3 Å². The van der Waals surface area contributed by atoms with Gasteiger partial charge in [0, 0.05) is 11.9 Å². The molecule has 1 atom stereocenters. The molecule has 2 aromatic carbocycles. The molecule has 0 fully saturated rings. The molecule has 25 heavy (non-hydrogen) atoms. The maximum Gasteiger partial charge on any atom is 0.416 e. The van der Waals surface area contributed by atoms with Crippen LogP contribution in [-0.4, -0.2) is 27.8 Å². The van der Waals surface area contributed by atoms with Crippen LogP contribution < -0.4 is 5.32 Å². The number of carbonyl (C=O) groups is 1. The van der Waals surface area contributed by atoms with Crippen LogP contribution in [0.25, 0.3) is 10.9 Å². The number of hydrogen-bond donors (Lipinski definition) is 3. The van der Waals surface area contributed by atoms with Crippen molar-refractivity contribution in [3.63, 3.8) is 0 Å². The number of aromatic nitrogens is 2. The van der Waals surface area contributed by atoms with Gasteiger partial charge >= 0.3 is 6.18 Å². The second-order valence-corrected chi connectivity index (χ2v) is 5.47. The monoisotopic (exact) mass is 349 g/mol. The molecule has 1 unspecified atom stereocenters. The Morgan fingerprint density at radius 1 is 1.20 bits per heavy atom. The van der Waals surface area contributed by atoms with Crippen LogP contribution >= 0.6 is 0 Å². The molecular weight excluding hydrogens is 335 g/mol. The number of benzene rings is 2. The van der Waals surface area contributed by atoms with E-state index in [2.05, 4.69) is 15.5 Å². The molecule has 0 aliphatic carbocycles. The highest BCUT2D eigenvalue weighted by Crippen LogP contribution is 2.30.